The van der Waals surface area contributed by atoms with Crippen LogP contribution in [0, 0.1) is 30.1 Å². The number of hydrogen-bond acceptors (Lipinski definition) is 4. The summed E-state index contributed by atoms with van der Waals surface area (Å²) in [7, 11) is 0. The summed E-state index contributed by atoms with van der Waals surface area (Å²) in [5, 5.41) is 4.65. The van der Waals surface area contributed by atoms with Gasteiger partial charge >= 0.3 is 0 Å². The number of aromatic nitrogens is 1. The Kier molecular flexibility index (Phi) is 5.74. The zero-order chi connectivity index (χ0) is 22.3. The highest BCUT2D eigenvalue weighted by Crippen LogP contribution is 2.60. The van der Waals surface area contributed by atoms with Crippen LogP contribution in [0.4, 0.5) is 0 Å². The molecule has 4 aliphatic carbocycles. The van der Waals surface area contributed by atoms with Gasteiger partial charge in [0, 0.05) is 11.4 Å². The molecule has 6 heteroatoms. The van der Waals surface area contributed by atoms with Crippen LogP contribution in [0.2, 0.25) is 0 Å². The first-order valence-electron chi connectivity index (χ1n) is 11.9. The molecule has 1 aromatic heterocycles. The van der Waals surface area contributed by atoms with Crippen molar-refractivity contribution in [3.05, 3.63) is 46.6 Å². The zero-order valence-corrected chi connectivity index (χ0v) is 19.9. The number of aryl methyl sites for hydroxylation is 1. The van der Waals surface area contributed by atoms with Crippen LogP contribution in [0.5, 0.6) is 5.75 Å². The maximum absolute atomic E-state index is 13.4. The Labute approximate surface area is 194 Å². The maximum Gasteiger partial charge on any atom is 0.246 e. The number of thiazole rings is 1. The molecule has 1 aromatic carbocycles. The fourth-order valence-electron chi connectivity index (χ4n) is 6.75. The van der Waals surface area contributed by atoms with Crippen LogP contribution < -0.4 is 15.0 Å². The molecule has 1 heterocycles. The molecule has 0 radical (unpaired) electrons. The fourth-order valence-corrected chi connectivity index (χ4v) is 7.71. The molecule has 4 bridgehead atoms. The maximum atomic E-state index is 13.4. The Morgan fingerprint density at radius 3 is 2.41 bits per heavy atom. The van der Waals surface area contributed by atoms with Gasteiger partial charge in [0.15, 0.2) is 0 Å². The van der Waals surface area contributed by atoms with Crippen molar-refractivity contribution < 1.29 is 9.53 Å². The van der Waals surface area contributed by atoms with Gasteiger partial charge in [0.25, 0.3) is 0 Å². The van der Waals surface area contributed by atoms with Gasteiger partial charge in [-0.05, 0) is 100.0 Å². The van der Waals surface area contributed by atoms with Crippen LogP contribution in [0.3, 0.4) is 0 Å². The normalized spacial score (nSPS) is 28.7. The number of carbonyl (C=O) groups excluding carboxylic acids is 1. The molecule has 0 atom stereocenters. The van der Waals surface area contributed by atoms with Crippen molar-refractivity contribution in [1.82, 2.24) is 9.99 Å². The quantitative estimate of drug-likeness (QED) is 0.461. The number of amides is 1. The van der Waals surface area contributed by atoms with E-state index in [2.05, 4.69) is 40.7 Å². The van der Waals surface area contributed by atoms with Crippen molar-refractivity contribution in [2.75, 3.05) is 6.61 Å². The molecular formula is C26H33N3O2S. The molecule has 2 aromatic rings. The molecule has 4 fully saturated rings. The minimum Gasteiger partial charge on any atom is -0.494 e. The van der Waals surface area contributed by atoms with E-state index in [4.69, 9.17) is 4.74 Å². The molecule has 1 amide bonds. The van der Waals surface area contributed by atoms with Crippen LogP contribution in [0.25, 0.3) is 11.3 Å². The topological polar surface area (TPSA) is 55.6 Å². The summed E-state index contributed by atoms with van der Waals surface area (Å²) in [6, 6.07) is 8.16. The van der Waals surface area contributed by atoms with Gasteiger partial charge in [0.1, 0.15) is 5.75 Å². The predicted molar refractivity (Wildman–Crippen MR) is 128 cm³/mol. The predicted octanol–water partition coefficient (Wildman–Crippen LogP) is 5.26. The van der Waals surface area contributed by atoms with E-state index in [0.717, 1.165) is 58.8 Å². The third-order valence-electron chi connectivity index (χ3n) is 7.60. The van der Waals surface area contributed by atoms with Gasteiger partial charge in [-0.15, -0.1) is 11.7 Å². The summed E-state index contributed by atoms with van der Waals surface area (Å²) in [6.07, 6.45) is 9.02. The molecule has 4 saturated carbocycles. The van der Waals surface area contributed by atoms with Crippen molar-refractivity contribution in [1.29, 1.82) is 0 Å². The second-order valence-electron chi connectivity index (χ2n) is 9.90. The summed E-state index contributed by atoms with van der Waals surface area (Å²) in [5.41, 5.74) is 5.03. The highest BCUT2D eigenvalue weighted by Gasteiger charge is 2.54. The molecule has 0 spiro atoms. The lowest BCUT2D eigenvalue weighted by Gasteiger charge is -2.55. The van der Waals surface area contributed by atoms with Gasteiger partial charge in [-0.1, -0.05) is 17.4 Å². The molecule has 0 unspecified atom stereocenters. The van der Waals surface area contributed by atoms with Crippen molar-refractivity contribution in [2.24, 2.45) is 28.3 Å². The Bertz CT molecular complexity index is 1040. The number of carbonyl (C=O) groups is 1. The number of allylic oxidation sites excluding steroid dienone is 1. The smallest absolute Gasteiger partial charge is 0.246 e. The molecule has 4 aliphatic rings. The number of hydrogen-bond donors (Lipinski definition) is 1. The van der Waals surface area contributed by atoms with E-state index in [1.165, 1.54) is 24.1 Å². The zero-order valence-electron chi connectivity index (χ0n) is 19.1. The third-order valence-corrected chi connectivity index (χ3v) is 8.60. The summed E-state index contributed by atoms with van der Waals surface area (Å²) in [6.45, 7) is 9.32. The largest absolute Gasteiger partial charge is 0.494 e. The fraction of sp³-hybridized carbons (Fsp3) is 0.538. The molecule has 32 heavy (non-hydrogen) atoms. The average Bonchev–Trinajstić information content (AvgIpc) is 3.07. The van der Waals surface area contributed by atoms with Gasteiger partial charge in [-0.2, -0.15) is 0 Å². The van der Waals surface area contributed by atoms with E-state index in [0.29, 0.717) is 13.2 Å². The molecule has 6 rings (SSSR count). The van der Waals surface area contributed by atoms with Crippen molar-refractivity contribution in [2.45, 2.75) is 58.9 Å². The van der Waals surface area contributed by atoms with Gasteiger partial charge < -0.3 is 9.30 Å². The third kappa shape index (κ3) is 3.83. The van der Waals surface area contributed by atoms with Crippen LogP contribution in [0.1, 0.15) is 50.3 Å². The number of ether oxygens (including phenoxy) is 1. The molecule has 0 aliphatic heterocycles. The lowest BCUT2D eigenvalue weighted by atomic mass is 9.49. The van der Waals surface area contributed by atoms with Crippen molar-refractivity contribution >= 4 is 17.2 Å². The first-order valence-corrected chi connectivity index (χ1v) is 12.7. The number of rotatable bonds is 7. The summed E-state index contributed by atoms with van der Waals surface area (Å²) < 4.78 is 7.73. The number of benzene rings is 1. The molecule has 1 N–H and O–H groups in total. The molecular weight excluding hydrogens is 418 g/mol. The van der Waals surface area contributed by atoms with E-state index in [1.807, 2.05) is 25.1 Å². The Balaban J connectivity index is 1.43. The van der Waals surface area contributed by atoms with E-state index in [9.17, 15) is 4.79 Å². The van der Waals surface area contributed by atoms with Crippen LogP contribution in [-0.2, 0) is 11.3 Å². The average molecular weight is 452 g/mol. The van der Waals surface area contributed by atoms with Crippen LogP contribution >= 0.6 is 11.3 Å². The highest BCUT2D eigenvalue weighted by atomic mass is 32.1. The summed E-state index contributed by atoms with van der Waals surface area (Å²) >= 11 is 1.61. The van der Waals surface area contributed by atoms with Crippen LogP contribution in [-0.4, -0.2) is 17.1 Å². The monoisotopic (exact) mass is 451 g/mol. The second-order valence-corrected chi connectivity index (χ2v) is 11.1. The minimum atomic E-state index is -0.189. The van der Waals surface area contributed by atoms with Gasteiger partial charge in [0.2, 0.25) is 10.7 Å². The molecule has 0 saturated heterocycles. The van der Waals surface area contributed by atoms with Crippen LogP contribution in [0.15, 0.2) is 42.0 Å². The Morgan fingerprint density at radius 2 is 1.84 bits per heavy atom. The van der Waals surface area contributed by atoms with Gasteiger partial charge in [-0.25, -0.2) is 5.43 Å². The Morgan fingerprint density at radius 1 is 1.22 bits per heavy atom. The van der Waals surface area contributed by atoms with E-state index in [-0.39, 0.29) is 11.3 Å². The lowest BCUT2D eigenvalue weighted by molar-refractivity contribution is -0.146. The van der Waals surface area contributed by atoms with Gasteiger partial charge in [0.05, 0.1) is 17.7 Å². The van der Waals surface area contributed by atoms with E-state index in [1.54, 1.807) is 11.3 Å². The minimum absolute atomic E-state index is 0.135. The standard InChI is InChI=1S/C26H33N3O2S/c1-4-10-29-23(21-6-8-22(9-7-21)31-5-2)17(3)32-25(29)28-27-24(30)26-14-18-11-19(15-26)13-20(12-18)16-26/h4,6-9,18-20H,1,5,10-16H2,2-3H3,(H,27,30)/b28-25-. The van der Waals surface area contributed by atoms with E-state index >= 15 is 0 Å². The van der Waals surface area contributed by atoms with E-state index < -0.39 is 0 Å². The second kappa shape index (κ2) is 8.54. The Hall–Kier alpha value is -2.34. The number of nitrogens with one attached hydrogen (secondary N) is 1. The summed E-state index contributed by atoms with van der Waals surface area (Å²) in [5.74, 6) is 3.23. The lowest BCUT2D eigenvalue weighted by Crippen LogP contribution is -2.53. The van der Waals surface area contributed by atoms with Gasteiger partial charge in [-0.3, -0.25) is 4.79 Å². The van der Waals surface area contributed by atoms with Crippen molar-refractivity contribution in [3.63, 3.8) is 0 Å². The number of nitrogens with zero attached hydrogens (tertiary/aromatic N) is 2. The summed E-state index contributed by atoms with van der Waals surface area (Å²) in [4.78, 5) is 15.3. The highest BCUT2D eigenvalue weighted by molar-refractivity contribution is 7.09. The molecule has 170 valence electrons. The first-order chi connectivity index (χ1) is 15.5. The SMILES string of the molecule is C=CCn1c(-c2ccc(OCC)cc2)c(C)s/c1=N\NC(=O)C12CC3CC(CC(C3)C1)C2. The first kappa shape index (κ1) is 21.5. The van der Waals surface area contributed by atoms with Crippen molar-refractivity contribution in [3.8, 4) is 17.0 Å². The molecule has 5 nitrogen and oxygen atoms in total.